The van der Waals surface area contributed by atoms with E-state index in [1.54, 1.807) is 4.90 Å². The van der Waals surface area contributed by atoms with Crippen LogP contribution in [0.15, 0.2) is 22.7 Å². The number of aryl methyl sites for hydroxylation is 1. The average Bonchev–Trinajstić information content (AvgIpc) is 2.60. The molecule has 0 aromatic heterocycles. The quantitative estimate of drug-likeness (QED) is 0.670. The molecule has 0 unspecified atom stereocenters. The summed E-state index contributed by atoms with van der Waals surface area (Å²) in [4.78, 5) is 28.8. The predicted molar refractivity (Wildman–Crippen MR) is 110 cm³/mol. The summed E-state index contributed by atoms with van der Waals surface area (Å²) in [5, 5.41) is 0. The van der Waals surface area contributed by atoms with Crippen molar-refractivity contribution >= 4 is 33.6 Å². The van der Waals surface area contributed by atoms with E-state index < -0.39 is 5.60 Å². The van der Waals surface area contributed by atoms with Crippen LogP contribution in [0.25, 0.3) is 0 Å². The molecule has 1 aromatic rings. The van der Waals surface area contributed by atoms with Gasteiger partial charge in [0.25, 0.3) is 0 Å². The summed E-state index contributed by atoms with van der Waals surface area (Å²) < 4.78 is 6.51. The van der Waals surface area contributed by atoms with Crippen LogP contribution in [0, 0.1) is 5.92 Å². The van der Waals surface area contributed by atoms with Gasteiger partial charge in [-0.15, -0.1) is 0 Å². The molecular formula is C21H29BrN2O3. The first-order chi connectivity index (χ1) is 12.7. The van der Waals surface area contributed by atoms with Crippen molar-refractivity contribution in [2.75, 3.05) is 24.5 Å². The van der Waals surface area contributed by atoms with Crippen molar-refractivity contribution < 1.29 is 14.3 Å². The topological polar surface area (TPSA) is 49.9 Å². The zero-order valence-corrected chi connectivity index (χ0v) is 18.0. The zero-order chi connectivity index (χ0) is 19.6. The molecule has 6 heteroatoms. The molecule has 3 rings (SSSR count). The van der Waals surface area contributed by atoms with Crippen molar-refractivity contribution in [1.29, 1.82) is 0 Å². The van der Waals surface area contributed by atoms with Crippen molar-refractivity contribution in [2.45, 2.75) is 58.5 Å². The SMILES string of the molecule is CC(C)(C)OC(=O)N1CCC(CC(=O)N2CCCc3cc(Br)ccc32)CC1. The van der Waals surface area contributed by atoms with Crippen LogP contribution in [-0.2, 0) is 16.0 Å². The molecule has 0 saturated carbocycles. The highest BCUT2D eigenvalue weighted by Gasteiger charge is 2.30. The van der Waals surface area contributed by atoms with Crippen molar-refractivity contribution in [3.05, 3.63) is 28.2 Å². The molecule has 0 spiro atoms. The Kier molecular flexibility index (Phi) is 6.14. The molecule has 0 radical (unpaired) electrons. The van der Waals surface area contributed by atoms with Crippen LogP contribution >= 0.6 is 15.9 Å². The molecule has 2 heterocycles. The van der Waals surface area contributed by atoms with Gasteiger partial charge >= 0.3 is 6.09 Å². The number of rotatable bonds is 2. The maximum atomic E-state index is 12.9. The summed E-state index contributed by atoms with van der Waals surface area (Å²) in [7, 11) is 0. The molecule has 2 aliphatic heterocycles. The highest BCUT2D eigenvalue weighted by atomic mass is 79.9. The van der Waals surface area contributed by atoms with Crippen LogP contribution in [0.4, 0.5) is 10.5 Å². The van der Waals surface area contributed by atoms with Crippen LogP contribution in [0.5, 0.6) is 0 Å². The number of carbonyl (C=O) groups excluding carboxylic acids is 2. The molecule has 0 N–H and O–H groups in total. The molecule has 0 atom stereocenters. The zero-order valence-electron chi connectivity index (χ0n) is 16.5. The number of fused-ring (bicyclic) bond motifs is 1. The summed E-state index contributed by atoms with van der Waals surface area (Å²) in [6, 6.07) is 6.17. The Morgan fingerprint density at radius 1 is 1.19 bits per heavy atom. The molecule has 0 bridgehead atoms. The smallest absolute Gasteiger partial charge is 0.410 e. The lowest BCUT2D eigenvalue weighted by atomic mass is 9.92. The highest BCUT2D eigenvalue weighted by Crippen LogP contribution is 2.31. The lowest BCUT2D eigenvalue weighted by molar-refractivity contribution is -0.119. The first-order valence-electron chi connectivity index (χ1n) is 9.79. The second-order valence-corrected chi connectivity index (χ2v) is 9.45. The Hall–Kier alpha value is -1.56. The van der Waals surface area contributed by atoms with E-state index in [4.69, 9.17) is 4.74 Å². The largest absolute Gasteiger partial charge is 0.444 e. The molecule has 1 fully saturated rings. The number of hydrogen-bond acceptors (Lipinski definition) is 3. The monoisotopic (exact) mass is 436 g/mol. The number of benzene rings is 1. The van der Waals surface area contributed by atoms with Crippen molar-refractivity contribution in [3.63, 3.8) is 0 Å². The van der Waals surface area contributed by atoms with Crippen molar-refractivity contribution in [3.8, 4) is 0 Å². The van der Waals surface area contributed by atoms with Crippen LogP contribution in [0.1, 0.15) is 52.0 Å². The molecule has 0 aliphatic carbocycles. The third kappa shape index (κ3) is 5.24. The maximum Gasteiger partial charge on any atom is 0.410 e. The van der Waals surface area contributed by atoms with Crippen LogP contribution in [0.3, 0.4) is 0 Å². The number of likely N-dealkylation sites (tertiary alicyclic amines) is 1. The first kappa shape index (κ1) is 20.2. The summed E-state index contributed by atoms with van der Waals surface area (Å²) in [5.41, 5.74) is 1.82. The van der Waals surface area contributed by atoms with Gasteiger partial charge in [-0.1, -0.05) is 15.9 Å². The Labute approximate surface area is 170 Å². The molecule has 1 aromatic carbocycles. The fourth-order valence-corrected chi connectivity index (χ4v) is 4.24. The maximum absolute atomic E-state index is 12.9. The minimum Gasteiger partial charge on any atom is -0.444 e. The Balaban J connectivity index is 1.54. The standard InChI is InChI=1S/C21H29BrN2O3/c1-21(2,3)27-20(26)23-11-8-15(9-12-23)13-19(25)24-10-4-5-16-14-17(22)6-7-18(16)24/h6-7,14-15H,4-5,8-13H2,1-3H3. The van der Waals surface area contributed by atoms with Gasteiger partial charge in [-0.25, -0.2) is 4.79 Å². The minimum absolute atomic E-state index is 0.203. The van der Waals surface area contributed by atoms with E-state index in [1.807, 2.05) is 37.8 Å². The van der Waals surface area contributed by atoms with E-state index in [0.29, 0.717) is 25.4 Å². The Bertz CT molecular complexity index is 706. The molecule has 2 amide bonds. The van der Waals surface area contributed by atoms with Gasteiger partial charge in [-0.3, -0.25) is 4.79 Å². The summed E-state index contributed by atoms with van der Waals surface area (Å²) >= 11 is 3.52. The van der Waals surface area contributed by atoms with E-state index in [-0.39, 0.29) is 12.0 Å². The second kappa shape index (κ2) is 8.21. The number of hydrogen-bond donors (Lipinski definition) is 0. The Morgan fingerprint density at radius 2 is 1.89 bits per heavy atom. The van der Waals surface area contributed by atoms with Gasteiger partial charge in [0.15, 0.2) is 0 Å². The van der Waals surface area contributed by atoms with Crippen LogP contribution in [0.2, 0.25) is 0 Å². The number of carbonyl (C=O) groups is 2. The van der Waals surface area contributed by atoms with Crippen LogP contribution < -0.4 is 4.90 Å². The van der Waals surface area contributed by atoms with Gasteiger partial charge in [0.1, 0.15) is 5.60 Å². The lowest BCUT2D eigenvalue weighted by Gasteiger charge is -2.35. The number of halogens is 1. The number of nitrogens with zero attached hydrogens (tertiary/aromatic N) is 2. The number of anilines is 1. The Morgan fingerprint density at radius 3 is 2.56 bits per heavy atom. The molecule has 1 saturated heterocycles. The fraction of sp³-hybridized carbons (Fsp3) is 0.619. The summed E-state index contributed by atoms with van der Waals surface area (Å²) in [6.45, 7) is 7.76. The first-order valence-corrected chi connectivity index (χ1v) is 10.6. The van der Waals surface area contributed by atoms with Gasteiger partial charge in [0.05, 0.1) is 0 Å². The van der Waals surface area contributed by atoms with Gasteiger partial charge in [-0.2, -0.15) is 0 Å². The third-order valence-corrected chi connectivity index (χ3v) is 5.68. The van der Waals surface area contributed by atoms with E-state index >= 15 is 0 Å². The van der Waals surface area contributed by atoms with Crippen molar-refractivity contribution in [2.24, 2.45) is 5.92 Å². The van der Waals surface area contributed by atoms with Crippen LogP contribution in [-0.4, -0.2) is 42.1 Å². The molecular weight excluding hydrogens is 408 g/mol. The number of ether oxygens (including phenoxy) is 1. The van der Waals surface area contributed by atoms with Gasteiger partial charge < -0.3 is 14.5 Å². The highest BCUT2D eigenvalue weighted by molar-refractivity contribution is 9.10. The third-order valence-electron chi connectivity index (χ3n) is 5.19. The van der Waals surface area contributed by atoms with Crippen molar-refractivity contribution in [1.82, 2.24) is 4.90 Å². The predicted octanol–water partition coefficient (Wildman–Crippen LogP) is 4.77. The summed E-state index contributed by atoms with van der Waals surface area (Å²) in [6.07, 6.45) is 4.04. The molecule has 2 aliphatic rings. The second-order valence-electron chi connectivity index (χ2n) is 8.54. The average molecular weight is 437 g/mol. The van der Waals surface area contributed by atoms with E-state index in [9.17, 15) is 9.59 Å². The lowest BCUT2D eigenvalue weighted by Crippen LogP contribution is -2.43. The van der Waals surface area contributed by atoms with E-state index in [1.165, 1.54) is 5.56 Å². The van der Waals surface area contributed by atoms with E-state index in [0.717, 1.165) is 42.4 Å². The fourth-order valence-electron chi connectivity index (χ4n) is 3.83. The number of amides is 2. The number of piperidine rings is 1. The van der Waals surface area contributed by atoms with Gasteiger partial charge in [0, 0.05) is 36.2 Å². The van der Waals surface area contributed by atoms with Gasteiger partial charge in [0.2, 0.25) is 5.91 Å². The molecule has 5 nitrogen and oxygen atoms in total. The summed E-state index contributed by atoms with van der Waals surface area (Å²) in [5.74, 6) is 0.533. The van der Waals surface area contributed by atoms with Gasteiger partial charge in [-0.05, 0) is 76.1 Å². The normalized spacial score (nSPS) is 18.2. The van der Waals surface area contributed by atoms with E-state index in [2.05, 4.69) is 22.0 Å². The molecule has 27 heavy (non-hydrogen) atoms. The molecule has 148 valence electrons. The minimum atomic E-state index is -0.472.